The van der Waals surface area contributed by atoms with Gasteiger partial charge in [0.25, 0.3) is 11.7 Å². The van der Waals surface area contributed by atoms with Crippen LogP contribution in [-0.2, 0) is 4.79 Å². The molecule has 0 bridgehead atoms. The molecular formula is C25H22N8O3. The Morgan fingerprint density at radius 1 is 1.06 bits per heavy atom. The van der Waals surface area contributed by atoms with Crippen LogP contribution < -0.4 is 9.64 Å². The Morgan fingerprint density at radius 2 is 1.89 bits per heavy atom. The third-order valence-electron chi connectivity index (χ3n) is 6.48. The number of hydrogen-bond donors (Lipinski definition) is 1. The number of para-hydroxylation sites is 1. The molecule has 0 spiro atoms. The second-order valence-electron chi connectivity index (χ2n) is 8.40. The summed E-state index contributed by atoms with van der Waals surface area (Å²) < 4.78 is 6.94. The normalized spacial score (nSPS) is 13.9. The van der Waals surface area contributed by atoms with Gasteiger partial charge in [-0.15, -0.1) is 0 Å². The maximum atomic E-state index is 13.4. The lowest BCUT2D eigenvalue weighted by Crippen LogP contribution is -2.50. The van der Waals surface area contributed by atoms with E-state index in [0.29, 0.717) is 48.6 Å². The van der Waals surface area contributed by atoms with Gasteiger partial charge in [-0.25, -0.2) is 14.6 Å². The van der Waals surface area contributed by atoms with Crippen molar-refractivity contribution in [1.82, 2.24) is 34.6 Å². The van der Waals surface area contributed by atoms with E-state index < -0.39 is 11.7 Å². The van der Waals surface area contributed by atoms with Gasteiger partial charge in [-0.1, -0.05) is 18.2 Å². The van der Waals surface area contributed by atoms with Gasteiger partial charge >= 0.3 is 0 Å². The number of aromatic amines is 1. The zero-order valence-corrected chi connectivity index (χ0v) is 19.5. The van der Waals surface area contributed by atoms with Crippen LogP contribution >= 0.6 is 0 Å². The van der Waals surface area contributed by atoms with E-state index in [9.17, 15) is 9.59 Å². The summed E-state index contributed by atoms with van der Waals surface area (Å²) in [6.07, 6.45) is 7.73. The molecule has 1 N–H and O–H groups in total. The van der Waals surface area contributed by atoms with Gasteiger partial charge in [-0.2, -0.15) is 5.10 Å². The number of aromatic nitrogens is 6. The number of hydrogen-bond acceptors (Lipinski definition) is 8. The summed E-state index contributed by atoms with van der Waals surface area (Å²) >= 11 is 0. The minimum atomic E-state index is -0.599. The van der Waals surface area contributed by atoms with Gasteiger partial charge in [0.15, 0.2) is 5.82 Å². The summed E-state index contributed by atoms with van der Waals surface area (Å²) in [5.41, 5.74) is 2.77. The van der Waals surface area contributed by atoms with E-state index >= 15 is 0 Å². The van der Waals surface area contributed by atoms with Crippen molar-refractivity contribution in [3.8, 4) is 11.6 Å². The predicted octanol–water partition coefficient (Wildman–Crippen LogP) is 2.23. The number of nitrogens with zero attached hydrogens (tertiary/aromatic N) is 7. The van der Waals surface area contributed by atoms with Gasteiger partial charge in [-0.05, 0) is 12.1 Å². The fraction of sp³-hybridized carbons (Fsp3) is 0.200. The largest absolute Gasteiger partial charge is 0.494 e. The first-order valence-corrected chi connectivity index (χ1v) is 11.5. The number of benzene rings is 1. The molecule has 0 saturated carbocycles. The summed E-state index contributed by atoms with van der Waals surface area (Å²) in [7, 11) is 1.50. The van der Waals surface area contributed by atoms with Gasteiger partial charge in [0.2, 0.25) is 0 Å². The highest BCUT2D eigenvalue weighted by Gasteiger charge is 2.30. The average Bonchev–Trinajstić information content (AvgIpc) is 3.63. The van der Waals surface area contributed by atoms with Gasteiger partial charge in [0, 0.05) is 49.6 Å². The number of amides is 1. The molecule has 11 nitrogen and oxygen atoms in total. The number of carbonyl (C=O) groups excluding carboxylic acids is 2. The third-order valence-corrected chi connectivity index (χ3v) is 6.48. The quantitative estimate of drug-likeness (QED) is 0.299. The van der Waals surface area contributed by atoms with Crippen molar-refractivity contribution in [3.05, 3.63) is 67.1 Å². The Balaban J connectivity index is 1.25. The number of anilines is 1. The smallest absolute Gasteiger partial charge is 0.295 e. The van der Waals surface area contributed by atoms with Crippen molar-refractivity contribution < 1.29 is 14.3 Å². The van der Waals surface area contributed by atoms with Crippen LogP contribution in [0.25, 0.3) is 27.6 Å². The Labute approximate surface area is 205 Å². The molecule has 4 aromatic heterocycles. The lowest BCUT2D eigenvalue weighted by atomic mass is 10.1. The van der Waals surface area contributed by atoms with E-state index in [-0.39, 0.29) is 5.56 Å². The summed E-state index contributed by atoms with van der Waals surface area (Å²) in [5.74, 6) is -0.303. The average molecular weight is 483 g/mol. The molecule has 1 aromatic carbocycles. The molecule has 36 heavy (non-hydrogen) atoms. The first-order chi connectivity index (χ1) is 17.7. The first-order valence-electron chi connectivity index (χ1n) is 11.5. The highest BCUT2D eigenvalue weighted by Crippen LogP contribution is 2.32. The maximum absolute atomic E-state index is 13.4. The van der Waals surface area contributed by atoms with Crippen molar-refractivity contribution in [3.63, 3.8) is 0 Å². The minimum absolute atomic E-state index is 0.234. The van der Waals surface area contributed by atoms with Crippen molar-refractivity contribution in [2.45, 2.75) is 0 Å². The lowest BCUT2D eigenvalue weighted by Gasteiger charge is -2.36. The van der Waals surface area contributed by atoms with Crippen LogP contribution in [-0.4, -0.2) is 79.6 Å². The van der Waals surface area contributed by atoms with E-state index in [1.807, 2.05) is 30.3 Å². The van der Waals surface area contributed by atoms with E-state index in [2.05, 4.69) is 29.9 Å². The van der Waals surface area contributed by atoms with E-state index in [1.54, 1.807) is 11.1 Å². The predicted molar refractivity (Wildman–Crippen MR) is 132 cm³/mol. The standard InChI is InChI=1S/C25H22N8O3/c1-36-20-13-29-24(33-15-26-14-30-33)22-21(20)17(12-28-22)23(34)25(35)32-10-8-31(9-11-32)19-6-7-27-18-5-3-2-4-16(18)19/h2-7,12-15,28H,8-11H2,1H3. The lowest BCUT2D eigenvalue weighted by molar-refractivity contribution is -0.126. The number of piperazine rings is 1. The Bertz CT molecular complexity index is 1580. The second-order valence-corrected chi connectivity index (χ2v) is 8.40. The van der Waals surface area contributed by atoms with Gasteiger partial charge in [0.05, 0.1) is 35.3 Å². The fourth-order valence-corrected chi connectivity index (χ4v) is 4.70. The molecule has 11 heteroatoms. The minimum Gasteiger partial charge on any atom is -0.494 e. The zero-order valence-electron chi connectivity index (χ0n) is 19.5. The van der Waals surface area contributed by atoms with E-state index in [1.165, 1.54) is 36.8 Å². The molecule has 0 aliphatic carbocycles. The molecule has 5 heterocycles. The Kier molecular flexibility index (Phi) is 5.29. The van der Waals surface area contributed by atoms with Crippen LogP contribution in [0.15, 0.2) is 61.6 Å². The number of Topliss-reactive ketones (excluding diaryl/α,β-unsaturated/α-hetero) is 1. The number of pyridine rings is 2. The summed E-state index contributed by atoms with van der Waals surface area (Å²) in [4.78, 5) is 46.3. The number of fused-ring (bicyclic) bond motifs is 2. The van der Waals surface area contributed by atoms with Crippen LogP contribution in [0.1, 0.15) is 10.4 Å². The molecule has 1 saturated heterocycles. The van der Waals surface area contributed by atoms with Crippen molar-refractivity contribution in [1.29, 1.82) is 0 Å². The topological polar surface area (TPSA) is 122 Å². The molecule has 0 atom stereocenters. The number of ketones is 1. The third kappa shape index (κ3) is 3.52. The number of carbonyl (C=O) groups is 2. The molecule has 1 fully saturated rings. The molecule has 0 radical (unpaired) electrons. The molecular weight excluding hydrogens is 460 g/mol. The Morgan fingerprint density at radius 3 is 2.67 bits per heavy atom. The van der Waals surface area contributed by atoms with E-state index in [4.69, 9.17) is 4.74 Å². The van der Waals surface area contributed by atoms with Crippen LogP contribution in [0.5, 0.6) is 5.75 Å². The van der Waals surface area contributed by atoms with Crippen LogP contribution in [0, 0.1) is 0 Å². The number of H-pyrrole nitrogens is 1. The molecule has 1 amide bonds. The molecule has 1 aliphatic rings. The van der Waals surface area contributed by atoms with Gasteiger partial charge in [0.1, 0.15) is 18.4 Å². The second kappa shape index (κ2) is 8.77. The Hall–Kier alpha value is -4.80. The number of methoxy groups -OCH3 is 1. The van der Waals surface area contributed by atoms with Gasteiger partial charge < -0.3 is 19.5 Å². The van der Waals surface area contributed by atoms with Gasteiger partial charge in [-0.3, -0.25) is 14.6 Å². The molecule has 0 unspecified atom stereocenters. The van der Waals surface area contributed by atoms with Crippen molar-refractivity contribution >= 4 is 39.2 Å². The molecule has 1 aliphatic heterocycles. The SMILES string of the molecule is COc1cnc(-n2cncn2)c2[nH]cc(C(=O)C(=O)N3CCN(c4ccnc5ccccc45)CC3)c12. The highest BCUT2D eigenvalue weighted by atomic mass is 16.5. The monoisotopic (exact) mass is 482 g/mol. The zero-order chi connectivity index (χ0) is 24.6. The molecule has 5 aromatic rings. The van der Waals surface area contributed by atoms with Crippen molar-refractivity contribution in [2.75, 3.05) is 38.2 Å². The van der Waals surface area contributed by atoms with Crippen LogP contribution in [0.2, 0.25) is 0 Å². The van der Waals surface area contributed by atoms with Crippen LogP contribution in [0.3, 0.4) is 0 Å². The van der Waals surface area contributed by atoms with Crippen molar-refractivity contribution in [2.24, 2.45) is 0 Å². The number of rotatable bonds is 5. The summed E-state index contributed by atoms with van der Waals surface area (Å²) in [6, 6.07) is 9.98. The maximum Gasteiger partial charge on any atom is 0.295 e. The summed E-state index contributed by atoms with van der Waals surface area (Å²) in [5, 5.41) is 5.67. The summed E-state index contributed by atoms with van der Waals surface area (Å²) in [6.45, 7) is 2.11. The molecule has 6 rings (SSSR count). The van der Waals surface area contributed by atoms with Crippen LogP contribution in [0.4, 0.5) is 5.69 Å². The first kappa shape index (κ1) is 21.7. The highest BCUT2D eigenvalue weighted by molar-refractivity contribution is 6.45. The fourth-order valence-electron chi connectivity index (χ4n) is 4.70. The number of nitrogens with one attached hydrogen (secondary N) is 1. The van der Waals surface area contributed by atoms with E-state index in [0.717, 1.165) is 16.6 Å². The number of ether oxygens (including phenoxy) is 1. The molecule has 180 valence electrons.